The summed E-state index contributed by atoms with van der Waals surface area (Å²) in [5.41, 5.74) is 2.23. The Hall–Kier alpha value is -1.49. The van der Waals surface area contributed by atoms with Gasteiger partial charge >= 0.3 is 5.97 Å². The minimum absolute atomic E-state index is 0.00681. The van der Waals surface area contributed by atoms with Crippen molar-refractivity contribution in [2.45, 2.75) is 159 Å². The van der Waals surface area contributed by atoms with Crippen LogP contribution in [0.2, 0.25) is 0 Å². The molecule has 7 rings (SSSR count). The molecule has 300 valence electrons. The lowest BCUT2D eigenvalue weighted by atomic mass is 9.46. The molecule has 53 heavy (non-hydrogen) atoms. The molecular weight excluding hydrogens is 688 g/mol. The van der Waals surface area contributed by atoms with E-state index in [4.69, 9.17) is 23.7 Å². The molecule has 3 saturated carbocycles. The highest BCUT2D eigenvalue weighted by Gasteiger charge is 2.62. The van der Waals surface area contributed by atoms with Crippen LogP contribution < -0.4 is 0 Å². The van der Waals surface area contributed by atoms with E-state index in [0.717, 1.165) is 37.7 Å². The van der Waals surface area contributed by atoms with Crippen LogP contribution in [-0.4, -0.2) is 129 Å². The monoisotopic (exact) mass is 750 g/mol. The van der Waals surface area contributed by atoms with Gasteiger partial charge in [-0.1, -0.05) is 38.0 Å². The fraction of sp³-hybridized carbons (Fsp3) is 0.875. The number of hydrogen-bond acceptors (Lipinski definition) is 13. The molecule has 4 aliphatic carbocycles. The van der Waals surface area contributed by atoms with Crippen molar-refractivity contribution in [1.82, 2.24) is 0 Å². The number of fused-ring (bicyclic) bond motifs is 5. The number of carbonyl (C=O) groups is 1. The summed E-state index contributed by atoms with van der Waals surface area (Å²) in [4.78, 5) is 12.7. The second kappa shape index (κ2) is 15.5. The van der Waals surface area contributed by atoms with Crippen molar-refractivity contribution in [3.8, 4) is 0 Å². The van der Waals surface area contributed by atoms with E-state index in [9.17, 15) is 40.5 Å². The Morgan fingerprint density at radius 3 is 2.28 bits per heavy atom. The maximum atomic E-state index is 12.7. The first-order valence-electron chi connectivity index (χ1n) is 20.0. The zero-order valence-electron chi connectivity index (χ0n) is 31.6. The van der Waals surface area contributed by atoms with E-state index >= 15 is 0 Å². The smallest absolute Gasteiger partial charge is 0.336 e. The van der Waals surface area contributed by atoms with Crippen LogP contribution in [0.15, 0.2) is 22.8 Å². The molecule has 0 spiro atoms. The Bertz CT molecular complexity index is 1400. The standard InChI is InChI=1S/C40H62O13/c1-19-11-32(51-36(48)24(19)16-41)20(2)25-7-8-26-23-6-5-21-12-22(13-35(47)40(21,4)27(23)9-10-39(25,26)3)50-38-31(46)15-29(44)34(53-38)18-49-37-30(45)14-28(43)33(17-42)52-37/h5,20,22-23,25-35,37-38,41-47H,6-18H2,1-4H3/t20-,22+,23-,25+,26?,27-,28-,29-,30-,31-,32+,33?,34?,35-,37?,38?,39+,40-/m0/s1. The lowest BCUT2D eigenvalue weighted by molar-refractivity contribution is -0.312. The van der Waals surface area contributed by atoms with Gasteiger partial charge in [-0.15, -0.1) is 0 Å². The fourth-order valence-corrected chi connectivity index (χ4v) is 12.0. The molecule has 0 radical (unpaired) electrons. The molecular formula is C40H62O13. The largest absolute Gasteiger partial charge is 0.458 e. The van der Waals surface area contributed by atoms with Crippen LogP contribution in [0.4, 0.5) is 0 Å². The van der Waals surface area contributed by atoms with Gasteiger partial charge in [-0.05, 0) is 80.5 Å². The first kappa shape index (κ1) is 39.7. The lowest BCUT2D eigenvalue weighted by Gasteiger charge is -2.60. The van der Waals surface area contributed by atoms with E-state index in [-0.39, 0.29) is 49.5 Å². The zero-order chi connectivity index (χ0) is 38.0. The molecule has 5 unspecified atom stereocenters. The normalized spacial score (nSPS) is 49.4. The predicted octanol–water partition coefficient (Wildman–Crippen LogP) is 1.86. The number of rotatable bonds is 9. The average molecular weight is 751 g/mol. The SMILES string of the molecule is CC1=C(CO)C(=O)O[C@@H]([C@@H](C)[C@H]2CCC3[C@@H]4CC=C5C[C@@H](OC6OC(COC7OC(CO)[C@@H](O)C[C@@H]7O)[C@@H](O)C[C@@H]6O)C[C@H](O)[C@]5(C)[C@H]4CC[C@@]32C)C1. The van der Waals surface area contributed by atoms with E-state index < -0.39 is 73.4 Å². The molecule has 2 saturated heterocycles. The summed E-state index contributed by atoms with van der Waals surface area (Å²) in [5.74, 6) is 1.51. The van der Waals surface area contributed by atoms with Gasteiger partial charge in [-0.2, -0.15) is 0 Å². The number of esters is 1. The lowest BCUT2D eigenvalue weighted by Crippen LogP contribution is -2.57. The third-order valence-corrected chi connectivity index (χ3v) is 15.1. The summed E-state index contributed by atoms with van der Waals surface area (Å²) in [5, 5.41) is 73.0. The third-order valence-electron chi connectivity index (χ3n) is 15.1. The van der Waals surface area contributed by atoms with Crippen molar-refractivity contribution in [2.24, 2.45) is 40.4 Å². The van der Waals surface area contributed by atoms with Gasteiger partial charge in [0.2, 0.25) is 0 Å². The molecule has 0 aromatic rings. The van der Waals surface area contributed by atoms with Crippen molar-refractivity contribution >= 4 is 5.97 Å². The van der Waals surface area contributed by atoms with E-state index in [1.54, 1.807) is 0 Å². The van der Waals surface area contributed by atoms with Crippen LogP contribution in [0.5, 0.6) is 0 Å². The summed E-state index contributed by atoms with van der Waals surface area (Å²) in [6.45, 7) is 7.95. The number of allylic oxidation sites excluding steroid dienone is 1. The molecule has 13 heteroatoms. The average Bonchev–Trinajstić information content (AvgIpc) is 3.47. The maximum absolute atomic E-state index is 12.7. The van der Waals surface area contributed by atoms with Gasteiger partial charge in [-0.25, -0.2) is 4.79 Å². The number of cyclic esters (lactones) is 1. The highest BCUT2D eigenvalue weighted by atomic mass is 16.7. The summed E-state index contributed by atoms with van der Waals surface area (Å²) in [6.07, 6.45) is -0.338. The molecule has 3 aliphatic heterocycles. The number of hydrogen-bond donors (Lipinski definition) is 7. The summed E-state index contributed by atoms with van der Waals surface area (Å²) in [7, 11) is 0. The van der Waals surface area contributed by atoms with Crippen LogP contribution in [0, 0.1) is 40.4 Å². The number of carbonyl (C=O) groups excluding carboxylic acids is 1. The summed E-state index contributed by atoms with van der Waals surface area (Å²) >= 11 is 0. The Morgan fingerprint density at radius 1 is 0.887 bits per heavy atom. The quantitative estimate of drug-likeness (QED) is 0.133. The number of ether oxygens (including phenoxy) is 5. The Balaban J connectivity index is 0.986. The molecule has 0 amide bonds. The molecule has 0 aromatic heterocycles. The van der Waals surface area contributed by atoms with Crippen LogP contribution in [-0.2, 0) is 28.5 Å². The van der Waals surface area contributed by atoms with Gasteiger partial charge in [-0.3, -0.25) is 0 Å². The highest BCUT2D eigenvalue weighted by Crippen LogP contribution is 2.67. The Kier molecular flexibility index (Phi) is 11.6. The van der Waals surface area contributed by atoms with E-state index in [2.05, 4.69) is 26.8 Å². The number of aliphatic hydroxyl groups is 7. The molecule has 0 bridgehead atoms. The molecule has 3 heterocycles. The topological polar surface area (TPSA) is 205 Å². The van der Waals surface area contributed by atoms with Crippen molar-refractivity contribution < 1.29 is 64.2 Å². The summed E-state index contributed by atoms with van der Waals surface area (Å²) in [6, 6.07) is 0. The van der Waals surface area contributed by atoms with Gasteiger partial charge in [0, 0.05) is 31.1 Å². The second-order valence-corrected chi connectivity index (χ2v) is 17.8. The third kappa shape index (κ3) is 7.09. The van der Waals surface area contributed by atoms with E-state index in [1.165, 1.54) is 5.57 Å². The molecule has 7 N–H and O–H groups in total. The van der Waals surface area contributed by atoms with Gasteiger partial charge in [0.15, 0.2) is 12.6 Å². The van der Waals surface area contributed by atoms with Crippen LogP contribution in [0.1, 0.15) is 91.9 Å². The fourth-order valence-electron chi connectivity index (χ4n) is 12.0. The molecule has 18 atom stereocenters. The first-order chi connectivity index (χ1) is 25.2. The number of aliphatic hydroxyl groups excluding tert-OH is 7. The Morgan fingerprint density at radius 2 is 1.58 bits per heavy atom. The van der Waals surface area contributed by atoms with E-state index in [1.807, 2.05) is 6.92 Å². The van der Waals surface area contributed by atoms with Crippen molar-refractivity contribution in [3.63, 3.8) is 0 Å². The minimum Gasteiger partial charge on any atom is -0.458 e. The minimum atomic E-state index is -1.13. The van der Waals surface area contributed by atoms with Crippen molar-refractivity contribution in [1.29, 1.82) is 0 Å². The highest BCUT2D eigenvalue weighted by molar-refractivity contribution is 5.90. The van der Waals surface area contributed by atoms with E-state index in [0.29, 0.717) is 48.5 Å². The van der Waals surface area contributed by atoms with Crippen molar-refractivity contribution in [3.05, 3.63) is 22.8 Å². The molecule has 0 aromatic carbocycles. The zero-order valence-corrected chi connectivity index (χ0v) is 31.6. The van der Waals surface area contributed by atoms with Crippen LogP contribution >= 0.6 is 0 Å². The Labute approximate surface area is 312 Å². The van der Waals surface area contributed by atoms with Crippen molar-refractivity contribution in [2.75, 3.05) is 19.8 Å². The summed E-state index contributed by atoms with van der Waals surface area (Å²) < 4.78 is 29.5. The molecule has 13 nitrogen and oxygen atoms in total. The van der Waals surface area contributed by atoms with Gasteiger partial charge in [0.25, 0.3) is 0 Å². The van der Waals surface area contributed by atoms with Crippen LogP contribution in [0.25, 0.3) is 0 Å². The van der Waals surface area contributed by atoms with Crippen LogP contribution in [0.3, 0.4) is 0 Å². The van der Waals surface area contributed by atoms with Gasteiger partial charge in [0.1, 0.15) is 30.5 Å². The van der Waals surface area contributed by atoms with Gasteiger partial charge in [0.05, 0.1) is 49.8 Å². The molecule has 5 fully saturated rings. The predicted molar refractivity (Wildman–Crippen MR) is 189 cm³/mol. The van der Waals surface area contributed by atoms with Gasteiger partial charge < -0.3 is 59.4 Å². The second-order valence-electron chi connectivity index (χ2n) is 17.8. The maximum Gasteiger partial charge on any atom is 0.336 e. The first-order valence-corrected chi connectivity index (χ1v) is 20.0. The molecule has 7 aliphatic rings.